The second-order valence-electron chi connectivity index (χ2n) is 12.8. The van der Waals surface area contributed by atoms with E-state index in [1.54, 1.807) is 70.1 Å². The molecule has 1 heterocycles. The molecule has 0 aromatic heterocycles. The third-order valence-corrected chi connectivity index (χ3v) is 8.89. The molecule has 6 aromatic carbocycles. The topological polar surface area (TPSA) is 6.25 Å². The third-order valence-electron chi connectivity index (χ3n) is 8.89. The molecular weight excluding hydrogens is 759 g/mol. The lowest BCUT2D eigenvalue weighted by molar-refractivity contribution is -0.596. The Morgan fingerprint density at radius 1 is 0.429 bits per heavy atom. The first-order chi connectivity index (χ1) is 26.5. The summed E-state index contributed by atoms with van der Waals surface area (Å²) in [5.41, 5.74) is 1.25. The molecule has 0 fully saturated rings. The lowest BCUT2D eigenvalue weighted by Crippen LogP contribution is -2.31. The highest BCUT2D eigenvalue weighted by Gasteiger charge is 2.50. The molecule has 0 unspecified atom stereocenters. The number of hydrogen-bond donors (Lipinski definition) is 0. The summed E-state index contributed by atoms with van der Waals surface area (Å²) in [6, 6.07) is 24.6. The molecule has 56 heavy (non-hydrogen) atoms. The second kappa shape index (κ2) is 16.4. The van der Waals surface area contributed by atoms with Crippen LogP contribution in [-0.4, -0.2) is 23.1 Å². The molecule has 1 aliphatic heterocycles. The Morgan fingerprint density at radius 3 is 1.07 bits per heavy atom. The molecule has 0 N–H and O–H groups in total. The summed E-state index contributed by atoms with van der Waals surface area (Å²) in [5.74, 6) is -7.54. The Bertz CT molecular complexity index is 2170. The SMILES string of the molecule is F[B-](F)(F)F.Fc1cc(F)cc(C(c2cc(F)cc(F)c2)N2C=[N+](C(c3cc(F)cc(F)c3)c3cc(F)cc(F)c3)[C@@H](c3ccccc3)[C@@H]2c2ccccc2)c1. The Hall–Kier alpha value is -5.99. The first-order valence-electron chi connectivity index (χ1n) is 16.7. The van der Waals surface area contributed by atoms with E-state index in [1.807, 2.05) is 0 Å². The van der Waals surface area contributed by atoms with Crippen LogP contribution in [0.25, 0.3) is 0 Å². The van der Waals surface area contributed by atoms with Crippen LogP contribution >= 0.6 is 0 Å². The largest absolute Gasteiger partial charge is 0.673 e. The number of halogens is 12. The van der Waals surface area contributed by atoms with E-state index in [9.17, 15) is 52.4 Å². The number of hydrogen-bond acceptors (Lipinski definition) is 1. The monoisotopic (exact) mass is 786 g/mol. The zero-order valence-electron chi connectivity index (χ0n) is 28.6. The molecule has 2 atom stereocenters. The fourth-order valence-corrected chi connectivity index (χ4v) is 7.09. The van der Waals surface area contributed by atoms with Gasteiger partial charge in [0.1, 0.15) is 58.6 Å². The van der Waals surface area contributed by atoms with Gasteiger partial charge >= 0.3 is 7.25 Å². The van der Waals surface area contributed by atoms with E-state index >= 15 is 0 Å². The minimum Gasteiger partial charge on any atom is -0.418 e. The summed E-state index contributed by atoms with van der Waals surface area (Å²) in [5, 5.41) is 0. The Balaban J connectivity index is 0.00000100. The van der Waals surface area contributed by atoms with Crippen LogP contribution in [0.15, 0.2) is 133 Å². The van der Waals surface area contributed by atoms with Crippen molar-refractivity contribution in [2.75, 3.05) is 0 Å². The van der Waals surface area contributed by atoms with Crippen molar-refractivity contribution in [2.45, 2.75) is 24.2 Å². The maximum atomic E-state index is 14.9. The second-order valence-corrected chi connectivity index (χ2v) is 12.8. The van der Waals surface area contributed by atoms with Gasteiger partial charge in [-0.05, 0) is 48.5 Å². The molecule has 288 valence electrons. The average molecular weight is 786 g/mol. The fraction of sp³-hybridized carbons (Fsp3) is 0.0976. The summed E-state index contributed by atoms with van der Waals surface area (Å²) in [7, 11) is -6.00. The van der Waals surface area contributed by atoms with Crippen LogP contribution in [0.1, 0.15) is 57.5 Å². The summed E-state index contributed by atoms with van der Waals surface area (Å²) in [6.07, 6.45) is 1.52. The van der Waals surface area contributed by atoms with Gasteiger partial charge in [0.2, 0.25) is 6.34 Å². The first kappa shape index (κ1) is 39.7. The molecule has 2 nitrogen and oxygen atoms in total. The highest BCUT2D eigenvalue weighted by atomic mass is 19.5. The molecule has 15 heteroatoms. The first-order valence-corrected chi connectivity index (χ1v) is 16.7. The standard InChI is InChI=1S/C41H27F8N2.BF4/c42-30-11-26(12-31(43)19-30)38(27-13-32(44)20-33(45)14-27)50-23-51(41(25-9-5-2-6-10-25)40(50)24-7-3-1-4-8-24)39(28-15-34(46)21-35(47)16-28)29-17-36(48)22-37(49)18-29;2-1(3,4)5/h1-23,38-41H;/q+1;-1/t40-,41-;/m0./s1. The van der Waals surface area contributed by atoms with Gasteiger partial charge in [-0.1, -0.05) is 60.7 Å². The van der Waals surface area contributed by atoms with Crippen LogP contribution in [0.2, 0.25) is 0 Å². The van der Waals surface area contributed by atoms with Crippen LogP contribution < -0.4 is 0 Å². The van der Waals surface area contributed by atoms with Crippen molar-refractivity contribution in [3.63, 3.8) is 0 Å². The number of nitrogens with zero attached hydrogens (tertiary/aromatic N) is 2. The maximum Gasteiger partial charge on any atom is 0.673 e. The van der Waals surface area contributed by atoms with Crippen LogP contribution in [0.5, 0.6) is 0 Å². The van der Waals surface area contributed by atoms with Crippen molar-refractivity contribution in [1.82, 2.24) is 4.90 Å². The maximum absolute atomic E-state index is 14.9. The van der Waals surface area contributed by atoms with E-state index in [0.29, 0.717) is 35.4 Å². The van der Waals surface area contributed by atoms with E-state index in [-0.39, 0.29) is 22.3 Å². The van der Waals surface area contributed by atoms with Gasteiger partial charge in [-0.15, -0.1) is 0 Å². The summed E-state index contributed by atoms with van der Waals surface area (Å²) in [6.45, 7) is 0. The highest BCUT2D eigenvalue weighted by molar-refractivity contribution is 6.50. The van der Waals surface area contributed by atoms with Crippen LogP contribution in [0.3, 0.4) is 0 Å². The molecule has 7 rings (SSSR count). The molecule has 0 saturated carbocycles. The van der Waals surface area contributed by atoms with Crippen LogP contribution in [-0.2, 0) is 0 Å². The van der Waals surface area contributed by atoms with E-state index in [0.717, 1.165) is 48.5 Å². The van der Waals surface area contributed by atoms with Gasteiger partial charge in [-0.3, -0.25) is 0 Å². The molecular formula is C41H27BF12N2. The predicted octanol–water partition coefficient (Wildman–Crippen LogP) is 11.8. The van der Waals surface area contributed by atoms with Gasteiger partial charge in [0.15, 0.2) is 12.1 Å². The summed E-state index contributed by atoms with van der Waals surface area (Å²) in [4.78, 5) is 1.65. The highest BCUT2D eigenvalue weighted by Crippen LogP contribution is 2.49. The molecule has 0 saturated heterocycles. The Labute approximate surface area is 312 Å². The van der Waals surface area contributed by atoms with Crippen LogP contribution in [0.4, 0.5) is 52.4 Å². The molecule has 0 aliphatic carbocycles. The van der Waals surface area contributed by atoms with Gasteiger partial charge in [-0.2, -0.15) is 0 Å². The van der Waals surface area contributed by atoms with Crippen molar-refractivity contribution in [3.8, 4) is 0 Å². The quantitative estimate of drug-likeness (QED) is 0.0846. The minimum atomic E-state index is -6.00. The van der Waals surface area contributed by atoms with Gasteiger partial charge in [0.25, 0.3) is 0 Å². The molecule has 0 radical (unpaired) electrons. The van der Waals surface area contributed by atoms with Gasteiger partial charge in [-0.25, -0.2) is 44.6 Å². The lowest BCUT2D eigenvalue weighted by Gasteiger charge is -2.31. The number of benzene rings is 6. The zero-order chi connectivity index (χ0) is 40.3. The molecule has 0 bridgehead atoms. The normalized spacial score (nSPS) is 15.5. The van der Waals surface area contributed by atoms with E-state index in [1.165, 1.54) is 6.34 Å². The van der Waals surface area contributed by atoms with Crippen molar-refractivity contribution in [3.05, 3.63) is 213 Å². The third kappa shape index (κ3) is 9.44. The summed E-state index contributed by atoms with van der Waals surface area (Å²) < 4.78 is 160. The van der Waals surface area contributed by atoms with E-state index in [2.05, 4.69) is 0 Å². The van der Waals surface area contributed by atoms with E-state index in [4.69, 9.17) is 0 Å². The molecule has 0 amide bonds. The Kier molecular flexibility index (Phi) is 11.6. The average Bonchev–Trinajstić information content (AvgIpc) is 3.46. The predicted molar refractivity (Wildman–Crippen MR) is 186 cm³/mol. The summed E-state index contributed by atoms with van der Waals surface area (Å²) >= 11 is 0. The zero-order valence-corrected chi connectivity index (χ0v) is 28.6. The molecule has 1 aliphatic rings. The van der Waals surface area contributed by atoms with Gasteiger partial charge in [0, 0.05) is 57.6 Å². The van der Waals surface area contributed by atoms with Crippen molar-refractivity contribution < 1.29 is 57.0 Å². The Morgan fingerprint density at radius 2 is 0.732 bits per heavy atom. The van der Waals surface area contributed by atoms with Crippen molar-refractivity contribution in [2.24, 2.45) is 0 Å². The lowest BCUT2D eigenvalue weighted by atomic mass is 9.88. The van der Waals surface area contributed by atoms with Crippen molar-refractivity contribution in [1.29, 1.82) is 0 Å². The van der Waals surface area contributed by atoms with Crippen LogP contribution in [0, 0.1) is 46.5 Å². The van der Waals surface area contributed by atoms with Crippen molar-refractivity contribution >= 4 is 13.6 Å². The minimum absolute atomic E-state index is 0.00603. The number of rotatable bonds is 8. The van der Waals surface area contributed by atoms with Gasteiger partial charge in [0.05, 0.1) is 0 Å². The molecule has 0 spiro atoms. The fourth-order valence-electron chi connectivity index (χ4n) is 7.09. The smallest absolute Gasteiger partial charge is 0.418 e. The van der Waals surface area contributed by atoms with Gasteiger partial charge < -0.3 is 17.3 Å². The van der Waals surface area contributed by atoms with E-state index < -0.39 is 78.0 Å². The molecule has 6 aromatic rings.